The van der Waals surface area contributed by atoms with Crippen molar-refractivity contribution in [2.75, 3.05) is 36.9 Å². The zero-order valence-electron chi connectivity index (χ0n) is 15.0. The van der Waals surface area contributed by atoms with Crippen LogP contribution in [0.5, 0.6) is 0 Å². The standard InChI is InChI=1S/C18H21Cl2N5O/c1-11-4-17(22-12(2)21-11)25-8-16(9-25)24(3)10-18(26)23-15-6-13(19)5-14(20)7-15/h4-7,16H,8-10H2,1-3H3,(H,23,26). The molecule has 3 rings (SSSR count). The quantitative estimate of drug-likeness (QED) is 0.844. The van der Waals surface area contributed by atoms with Gasteiger partial charge in [0.1, 0.15) is 11.6 Å². The first-order valence-electron chi connectivity index (χ1n) is 8.33. The third-order valence-corrected chi connectivity index (χ3v) is 4.74. The number of hydrogen-bond acceptors (Lipinski definition) is 5. The van der Waals surface area contributed by atoms with E-state index in [0.717, 1.165) is 30.4 Å². The molecule has 2 aromatic rings. The second-order valence-corrected chi connectivity index (χ2v) is 7.47. The van der Waals surface area contributed by atoms with Gasteiger partial charge in [-0.15, -0.1) is 0 Å². The molecule has 0 aliphatic carbocycles. The van der Waals surface area contributed by atoms with Crippen LogP contribution in [0.25, 0.3) is 0 Å². The molecule has 0 saturated carbocycles. The zero-order valence-corrected chi connectivity index (χ0v) is 16.5. The Morgan fingerprint density at radius 3 is 2.46 bits per heavy atom. The Balaban J connectivity index is 1.51. The van der Waals surface area contributed by atoms with Crippen LogP contribution in [0.3, 0.4) is 0 Å². The van der Waals surface area contributed by atoms with Gasteiger partial charge >= 0.3 is 0 Å². The fourth-order valence-corrected chi connectivity index (χ4v) is 3.49. The second kappa shape index (κ2) is 7.78. The number of anilines is 2. The Bertz CT molecular complexity index is 783. The van der Waals surface area contributed by atoms with E-state index in [1.165, 1.54) is 0 Å². The third-order valence-electron chi connectivity index (χ3n) is 4.30. The normalized spacial score (nSPS) is 14.5. The van der Waals surface area contributed by atoms with Gasteiger partial charge in [0.2, 0.25) is 5.91 Å². The Hall–Kier alpha value is -1.89. The Kier molecular flexibility index (Phi) is 5.65. The van der Waals surface area contributed by atoms with E-state index in [1.54, 1.807) is 18.2 Å². The van der Waals surface area contributed by atoms with Crippen molar-refractivity contribution in [2.24, 2.45) is 0 Å². The maximum absolute atomic E-state index is 12.3. The van der Waals surface area contributed by atoms with Crippen LogP contribution in [0.15, 0.2) is 24.3 Å². The number of nitrogens with one attached hydrogen (secondary N) is 1. The molecule has 1 aromatic heterocycles. The predicted octanol–water partition coefficient (Wildman–Crippen LogP) is 3.16. The fraction of sp³-hybridized carbons (Fsp3) is 0.389. The average Bonchev–Trinajstić information content (AvgIpc) is 2.42. The van der Waals surface area contributed by atoms with E-state index in [1.807, 2.05) is 31.9 Å². The number of benzene rings is 1. The number of carbonyl (C=O) groups is 1. The summed E-state index contributed by atoms with van der Waals surface area (Å²) in [6.07, 6.45) is 0. The number of amides is 1. The Labute approximate surface area is 163 Å². The number of rotatable bonds is 5. The topological polar surface area (TPSA) is 61.4 Å². The number of aryl methyl sites for hydroxylation is 2. The van der Waals surface area contributed by atoms with Gasteiger partial charge in [-0.25, -0.2) is 9.97 Å². The van der Waals surface area contributed by atoms with Crippen molar-refractivity contribution in [3.05, 3.63) is 45.8 Å². The summed E-state index contributed by atoms with van der Waals surface area (Å²) in [5.74, 6) is 1.62. The number of likely N-dealkylation sites (N-methyl/N-ethyl adjacent to an activating group) is 1. The molecule has 0 atom stereocenters. The molecule has 0 bridgehead atoms. The molecule has 1 fully saturated rings. The highest BCUT2D eigenvalue weighted by molar-refractivity contribution is 6.35. The van der Waals surface area contributed by atoms with Crippen LogP contribution in [0, 0.1) is 13.8 Å². The van der Waals surface area contributed by atoms with Crippen LogP contribution in [0.4, 0.5) is 11.5 Å². The highest BCUT2D eigenvalue weighted by Gasteiger charge is 2.31. The summed E-state index contributed by atoms with van der Waals surface area (Å²) in [5, 5.41) is 3.82. The zero-order chi connectivity index (χ0) is 18.8. The van der Waals surface area contributed by atoms with Gasteiger partial charge in [-0.3, -0.25) is 9.69 Å². The van der Waals surface area contributed by atoms with Crippen LogP contribution in [-0.4, -0.2) is 53.5 Å². The highest BCUT2D eigenvalue weighted by Crippen LogP contribution is 2.23. The first-order chi connectivity index (χ1) is 12.3. The molecule has 1 N–H and O–H groups in total. The van der Waals surface area contributed by atoms with Gasteiger partial charge in [-0.05, 0) is 39.1 Å². The van der Waals surface area contributed by atoms with Gasteiger partial charge in [0, 0.05) is 46.6 Å². The summed E-state index contributed by atoms with van der Waals surface area (Å²) >= 11 is 11.9. The molecule has 138 valence electrons. The Morgan fingerprint density at radius 1 is 1.19 bits per heavy atom. The monoisotopic (exact) mass is 393 g/mol. The molecular weight excluding hydrogens is 373 g/mol. The van der Waals surface area contributed by atoms with Crippen molar-refractivity contribution in [1.29, 1.82) is 0 Å². The lowest BCUT2D eigenvalue weighted by atomic mass is 10.1. The van der Waals surface area contributed by atoms with E-state index in [4.69, 9.17) is 23.2 Å². The van der Waals surface area contributed by atoms with Crippen LogP contribution < -0.4 is 10.2 Å². The first kappa shape index (κ1) is 18.9. The number of carbonyl (C=O) groups excluding carboxylic acids is 1. The molecule has 26 heavy (non-hydrogen) atoms. The molecule has 1 saturated heterocycles. The fourth-order valence-electron chi connectivity index (χ4n) is 2.96. The van der Waals surface area contributed by atoms with Crippen molar-refractivity contribution in [3.8, 4) is 0 Å². The van der Waals surface area contributed by atoms with Crippen LogP contribution in [-0.2, 0) is 4.79 Å². The SMILES string of the molecule is Cc1cc(N2CC(N(C)CC(=O)Nc3cc(Cl)cc(Cl)c3)C2)nc(C)n1. The molecule has 1 aliphatic heterocycles. The molecule has 0 radical (unpaired) electrons. The minimum Gasteiger partial charge on any atom is -0.353 e. The first-order valence-corrected chi connectivity index (χ1v) is 9.09. The van der Waals surface area contributed by atoms with E-state index < -0.39 is 0 Å². The van der Waals surface area contributed by atoms with Gasteiger partial charge in [-0.1, -0.05) is 23.2 Å². The molecule has 8 heteroatoms. The predicted molar refractivity (Wildman–Crippen MR) is 105 cm³/mol. The lowest BCUT2D eigenvalue weighted by Crippen LogP contribution is -2.59. The summed E-state index contributed by atoms with van der Waals surface area (Å²) < 4.78 is 0. The van der Waals surface area contributed by atoms with Crippen molar-refractivity contribution in [3.63, 3.8) is 0 Å². The van der Waals surface area contributed by atoms with Crippen molar-refractivity contribution in [1.82, 2.24) is 14.9 Å². The number of nitrogens with zero attached hydrogens (tertiary/aromatic N) is 4. The van der Waals surface area contributed by atoms with Crippen molar-refractivity contribution >= 4 is 40.6 Å². The molecule has 0 spiro atoms. The molecule has 1 amide bonds. The minimum atomic E-state index is -0.0991. The lowest BCUT2D eigenvalue weighted by molar-refractivity contribution is -0.117. The van der Waals surface area contributed by atoms with Gasteiger partial charge in [-0.2, -0.15) is 0 Å². The molecule has 0 unspecified atom stereocenters. The van der Waals surface area contributed by atoms with Crippen molar-refractivity contribution < 1.29 is 4.79 Å². The van der Waals surface area contributed by atoms with Crippen LogP contribution in [0.2, 0.25) is 10.0 Å². The molecule has 1 aliphatic rings. The summed E-state index contributed by atoms with van der Waals surface area (Å²) in [6.45, 7) is 5.83. The maximum atomic E-state index is 12.3. The van der Waals surface area contributed by atoms with Gasteiger partial charge in [0.05, 0.1) is 6.54 Å². The molecule has 1 aromatic carbocycles. The van der Waals surface area contributed by atoms with Crippen LogP contribution in [0.1, 0.15) is 11.5 Å². The van der Waals surface area contributed by atoms with E-state index in [0.29, 0.717) is 28.3 Å². The van der Waals surface area contributed by atoms with Gasteiger partial charge in [0.15, 0.2) is 0 Å². The maximum Gasteiger partial charge on any atom is 0.238 e. The largest absolute Gasteiger partial charge is 0.353 e. The van der Waals surface area contributed by atoms with Gasteiger partial charge in [0.25, 0.3) is 0 Å². The molecular formula is C18H21Cl2N5O. The summed E-state index contributed by atoms with van der Waals surface area (Å²) in [7, 11) is 1.95. The summed E-state index contributed by atoms with van der Waals surface area (Å²) in [4.78, 5) is 25.3. The average molecular weight is 394 g/mol. The van der Waals surface area contributed by atoms with E-state index in [9.17, 15) is 4.79 Å². The van der Waals surface area contributed by atoms with E-state index >= 15 is 0 Å². The molecule has 6 nitrogen and oxygen atoms in total. The number of hydrogen-bond donors (Lipinski definition) is 1. The van der Waals surface area contributed by atoms with Crippen LogP contribution >= 0.6 is 23.2 Å². The summed E-state index contributed by atoms with van der Waals surface area (Å²) in [5.41, 5.74) is 1.56. The smallest absolute Gasteiger partial charge is 0.238 e. The Morgan fingerprint density at radius 2 is 1.85 bits per heavy atom. The highest BCUT2D eigenvalue weighted by atomic mass is 35.5. The summed E-state index contributed by atoms with van der Waals surface area (Å²) in [6, 6.07) is 7.27. The van der Waals surface area contributed by atoms with E-state index in [-0.39, 0.29) is 5.91 Å². The van der Waals surface area contributed by atoms with Crippen molar-refractivity contribution in [2.45, 2.75) is 19.9 Å². The number of halogens is 2. The van der Waals surface area contributed by atoms with Gasteiger partial charge < -0.3 is 10.2 Å². The lowest BCUT2D eigenvalue weighted by Gasteiger charge is -2.44. The third kappa shape index (κ3) is 4.63. The second-order valence-electron chi connectivity index (χ2n) is 6.59. The van der Waals surface area contributed by atoms with E-state index in [2.05, 4.69) is 20.2 Å². The minimum absolute atomic E-state index is 0.0991. The number of aromatic nitrogens is 2. The molecule has 2 heterocycles.